The van der Waals surface area contributed by atoms with E-state index in [2.05, 4.69) is 43.5 Å². The van der Waals surface area contributed by atoms with E-state index in [0.717, 1.165) is 64.2 Å². The topological polar surface area (TPSA) is 149 Å². The first kappa shape index (κ1) is 57.4. The molecule has 1 fully saturated rings. The van der Waals surface area contributed by atoms with E-state index in [1.165, 1.54) is 148 Å². The second-order valence-electron chi connectivity index (χ2n) is 18.0. The lowest BCUT2D eigenvalue weighted by Gasteiger charge is -2.40. The molecule has 7 atom stereocenters. The van der Waals surface area contributed by atoms with Crippen LogP contribution in [0.1, 0.15) is 232 Å². The fraction of sp³-hybridized carbons (Fsp3) is 0.865. The molecular weight excluding hydrogens is 767 g/mol. The molecule has 9 heteroatoms. The number of ether oxygens (including phenoxy) is 2. The summed E-state index contributed by atoms with van der Waals surface area (Å²) in [4.78, 5) is 13.0. The number of aliphatic hydroxyl groups excluding tert-OH is 5. The maximum absolute atomic E-state index is 13.0. The molecule has 0 radical (unpaired) electrons. The third-order valence-electron chi connectivity index (χ3n) is 12.2. The fourth-order valence-corrected chi connectivity index (χ4v) is 8.07. The molecular formula is C52H97NO8. The smallest absolute Gasteiger partial charge is 0.220 e. The van der Waals surface area contributed by atoms with Gasteiger partial charge < -0.3 is 40.3 Å². The molecule has 1 amide bonds. The Balaban J connectivity index is 2.29. The lowest BCUT2D eigenvalue weighted by Crippen LogP contribution is -2.60. The third kappa shape index (κ3) is 32.7. The largest absolute Gasteiger partial charge is 0.394 e. The highest BCUT2D eigenvalue weighted by Crippen LogP contribution is 2.23. The van der Waals surface area contributed by atoms with Crippen molar-refractivity contribution in [2.45, 2.75) is 275 Å². The number of rotatable bonds is 43. The minimum absolute atomic E-state index is 0.190. The summed E-state index contributed by atoms with van der Waals surface area (Å²) in [6.07, 6.45) is 46.2. The third-order valence-corrected chi connectivity index (χ3v) is 12.2. The Hall–Kier alpha value is -1.59. The van der Waals surface area contributed by atoms with Crippen LogP contribution in [0.2, 0.25) is 0 Å². The number of allylic oxidation sites excluding steroid dienone is 5. The van der Waals surface area contributed by atoms with Crippen molar-refractivity contribution in [2.75, 3.05) is 13.2 Å². The molecule has 6 N–H and O–H groups in total. The number of hydrogen-bond donors (Lipinski definition) is 6. The molecule has 7 unspecified atom stereocenters. The van der Waals surface area contributed by atoms with Crippen molar-refractivity contribution in [1.29, 1.82) is 0 Å². The Morgan fingerprint density at radius 1 is 0.557 bits per heavy atom. The molecule has 9 nitrogen and oxygen atoms in total. The van der Waals surface area contributed by atoms with Gasteiger partial charge in [-0.25, -0.2) is 0 Å². The summed E-state index contributed by atoms with van der Waals surface area (Å²) in [7, 11) is 0. The molecule has 0 aliphatic carbocycles. The second kappa shape index (κ2) is 42.4. The zero-order valence-corrected chi connectivity index (χ0v) is 39.4. The van der Waals surface area contributed by atoms with Gasteiger partial charge in [-0.05, 0) is 51.4 Å². The predicted molar refractivity (Wildman–Crippen MR) is 253 cm³/mol. The maximum atomic E-state index is 13.0. The van der Waals surface area contributed by atoms with Gasteiger partial charge in [0.2, 0.25) is 5.91 Å². The van der Waals surface area contributed by atoms with Crippen LogP contribution in [0.4, 0.5) is 0 Å². The van der Waals surface area contributed by atoms with Gasteiger partial charge in [0.15, 0.2) is 6.29 Å². The van der Waals surface area contributed by atoms with E-state index in [-0.39, 0.29) is 12.5 Å². The molecule has 1 heterocycles. The molecule has 1 saturated heterocycles. The minimum atomic E-state index is -1.57. The summed E-state index contributed by atoms with van der Waals surface area (Å²) in [6, 6.07) is -0.811. The summed E-state index contributed by atoms with van der Waals surface area (Å²) >= 11 is 0. The Kier molecular flexibility index (Phi) is 39.9. The van der Waals surface area contributed by atoms with Crippen molar-refractivity contribution in [2.24, 2.45) is 0 Å². The first-order chi connectivity index (χ1) is 29.8. The summed E-state index contributed by atoms with van der Waals surface area (Å²) in [5.74, 6) is -0.190. The first-order valence-corrected chi connectivity index (χ1v) is 25.7. The zero-order chi connectivity index (χ0) is 44.4. The maximum Gasteiger partial charge on any atom is 0.220 e. The molecule has 0 aromatic rings. The molecule has 0 aromatic carbocycles. The van der Waals surface area contributed by atoms with Crippen molar-refractivity contribution < 1.29 is 39.8 Å². The standard InChI is InChI=1S/C52H97NO8/c1-3-5-7-9-11-13-15-17-19-20-21-22-23-24-25-26-28-29-31-33-35-37-39-41-46(55)45(44-60-52-51(59)50(58)49(57)47(43-54)61-52)53-48(56)42-40-38-36-34-32-30-27-18-16-14-12-10-8-6-4-2/h12,14,18,27,39,41,45-47,49-52,54-55,57-59H,3-11,13,15-17,19-26,28-38,40,42-44H2,1-2H3,(H,53,56)/b14-12-,27-18-,41-39+. The van der Waals surface area contributed by atoms with E-state index in [9.17, 15) is 30.3 Å². The van der Waals surface area contributed by atoms with E-state index >= 15 is 0 Å². The Labute approximate surface area is 374 Å². The van der Waals surface area contributed by atoms with Gasteiger partial charge >= 0.3 is 0 Å². The van der Waals surface area contributed by atoms with Crippen LogP contribution in [0.15, 0.2) is 36.5 Å². The van der Waals surface area contributed by atoms with Crippen LogP contribution >= 0.6 is 0 Å². The van der Waals surface area contributed by atoms with Gasteiger partial charge in [0.25, 0.3) is 0 Å². The molecule has 1 aliphatic heterocycles. The summed E-state index contributed by atoms with van der Waals surface area (Å²) < 4.78 is 11.2. The quantitative estimate of drug-likeness (QED) is 0.0262. The fourth-order valence-electron chi connectivity index (χ4n) is 8.07. The van der Waals surface area contributed by atoms with E-state index in [4.69, 9.17) is 9.47 Å². The van der Waals surface area contributed by atoms with Crippen molar-refractivity contribution >= 4 is 5.91 Å². The molecule has 0 spiro atoms. The molecule has 0 aromatic heterocycles. The number of aliphatic hydroxyl groups is 5. The Bertz CT molecular complexity index is 1050. The highest BCUT2D eigenvalue weighted by atomic mass is 16.7. The zero-order valence-electron chi connectivity index (χ0n) is 39.4. The summed E-state index contributed by atoms with van der Waals surface area (Å²) in [6.45, 7) is 3.75. The van der Waals surface area contributed by atoms with Crippen LogP contribution in [-0.2, 0) is 14.3 Å². The Morgan fingerprint density at radius 3 is 1.44 bits per heavy atom. The van der Waals surface area contributed by atoms with Crippen molar-refractivity contribution in [1.82, 2.24) is 5.32 Å². The number of amides is 1. The normalized spacial score (nSPS) is 20.7. The van der Waals surface area contributed by atoms with E-state index in [0.29, 0.717) is 6.42 Å². The van der Waals surface area contributed by atoms with Crippen molar-refractivity contribution in [3.8, 4) is 0 Å². The molecule has 1 aliphatic rings. The van der Waals surface area contributed by atoms with Crippen LogP contribution in [0, 0.1) is 0 Å². The van der Waals surface area contributed by atoms with Crippen molar-refractivity contribution in [3.63, 3.8) is 0 Å². The van der Waals surface area contributed by atoms with E-state index in [1.54, 1.807) is 6.08 Å². The van der Waals surface area contributed by atoms with Gasteiger partial charge in [-0.15, -0.1) is 0 Å². The molecule has 0 saturated carbocycles. The highest BCUT2D eigenvalue weighted by molar-refractivity contribution is 5.76. The van der Waals surface area contributed by atoms with Crippen LogP contribution in [0.5, 0.6) is 0 Å². The lowest BCUT2D eigenvalue weighted by atomic mass is 9.99. The van der Waals surface area contributed by atoms with Gasteiger partial charge in [0.1, 0.15) is 24.4 Å². The van der Waals surface area contributed by atoms with Crippen LogP contribution in [0.3, 0.4) is 0 Å². The number of carbonyl (C=O) groups is 1. The number of nitrogens with one attached hydrogen (secondary N) is 1. The number of hydrogen-bond acceptors (Lipinski definition) is 8. The van der Waals surface area contributed by atoms with Gasteiger partial charge in [0.05, 0.1) is 25.4 Å². The molecule has 0 bridgehead atoms. The lowest BCUT2D eigenvalue weighted by molar-refractivity contribution is -0.302. The van der Waals surface area contributed by atoms with Crippen LogP contribution in [-0.4, -0.2) is 87.5 Å². The van der Waals surface area contributed by atoms with Gasteiger partial charge in [-0.2, -0.15) is 0 Å². The van der Waals surface area contributed by atoms with Gasteiger partial charge in [0, 0.05) is 6.42 Å². The molecule has 358 valence electrons. The monoisotopic (exact) mass is 864 g/mol. The van der Waals surface area contributed by atoms with Gasteiger partial charge in [-0.1, -0.05) is 211 Å². The van der Waals surface area contributed by atoms with E-state index < -0.39 is 49.5 Å². The van der Waals surface area contributed by atoms with Crippen LogP contribution in [0.25, 0.3) is 0 Å². The SMILES string of the molecule is CCCCC/C=C\C/C=C\CCCCCCCC(=O)NC(COC1OC(CO)C(O)C(O)C1O)C(O)/C=C/CCCCCCCCCCCCCCCCCCCCCCC. The Morgan fingerprint density at radius 2 is 0.967 bits per heavy atom. The van der Waals surface area contributed by atoms with E-state index in [1.807, 2.05) is 6.08 Å². The first-order valence-electron chi connectivity index (χ1n) is 25.7. The average Bonchev–Trinajstić information content (AvgIpc) is 3.26. The average molecular weight is 864 g/mol. The highest BCUT2D eigenvalue weighted by Gasteiger charge is 2.44. The summed E-state index contributed by atoms with van der Waals surface area (Å²) in [5, 5.41) is 54.3. The molecule has 61 heavy (non-hydrogen) atoms. The molecule has 1 rings (SSSR count). The van der Waals surface area contributed by atoms with Gasteiger partial charge in [-0.3, -0.25) is 4.79 Å². The van der Waals surface area contributed by atoms with Crippen LogP contribution < -0.4 is 5.32 Å². The number of carbonyl (C=O) groups excluding carboxylic acids is 1. The number of unbranched alkanes of at least 4 members (excludes halogenated alkanes) is 29. The minimum Gasteiger partial charge on any atom is -0.394 e. The second-order valence-corrected chi connectivity index (χ2v) is 18.0. The van der Waals surface area contributed by atoms with Crippen molar-refractivity contribution in [3.05, 3.63) is 36.5 Å². The summed E-state index contributed by atoms with van der Waals surface area (Å²) in [5.41, 5.74) is 0. The predicted octanol–water partition coefficient (Wildman–Crippen LogP) is 11.6.